The van der Waals surface area contributed by atoms with Gasteiger partial charge in [-0.1, -0.05) is 39.2 Å². The summed E-state index contributed by atoms with van der Waals surface area (Å²) in [6.07, 6.45) is 6.26. The lowest BCUT2D eigenvalue weighted by molar-refractivity contribution is -0.140. The molecule has 0 heterocycles. The number of esters is 1. The van der Waals surface area contributed by atoms with E-state index < -0.39 is 5.97 Å². The van der Waals surface area contributed by atoms with Crippen LogP contribution in [0.4, 0.5) is 0 Å². The molecular formula is C35H68O14. The highest BCUT2D eigenvalue weighted by Crippen LogP contribution is 2.02. The molecule has 0 unspecified atom stereocenters. The molecule has 14 nitrogen and oxygen atoms in total. The van der Waals surface area contributed by atoms with Gasteiger partial charge in [0.25, 0.3) is 0 Å². The first-order valence-corrected chi connectivity index (χ1v) is 17.9. The summed E-state index contributed by atoms with van der Waals surface area (Å²) in [7, 11) is 0. The van der Waals surface area contributed by atoms with Crippen molar-refractivity contribution in [2.75, 3.05) is 165 Å². The summed E-state index contributed by atoms with van der Waals surface area (Å²) in [4.78, 5) is 11.2. The lowest BCUT2D eigenvalue weighted by Gasteiger charge is -2.09. The number of hydrogen-bond donors (Lipinski definition) is 0. The van der Waals surface area contributed by atoms with Crippen LogP contribution in [0.5, 0.6) is 0 Å². The fraction of sp³-hybridized carbons (Fsp3) is 0.914. The van der Waals surface area contributed by atoms with Crippen LogP contribution in [0.25, 0.3) is 0 Å². The molecule has 0 bridgehead atoms. The molecule has 0 amide bonds. The van der Waals surface area contributed by atoms with Gasteiger partial charge in [0.1, 0.15) is 6.61 Å². The SMILES string of the molecule is C=C(C)C(=O)OCCOCCOCCOCCOCCOCCOCCOCCOCCOCCOCCOCCOCCCCCCC. The summed E-state index contributed by atoms with van der Waals surface area (Å²) in [5, 5.41) is 0. The Morgan fingerprint density at radius 2 is 0.571 bits per heavy atom. The van der Waals surface area contributed by atoms with Gasteiger partial charge in [-0.05, 0) is 13.3 Å². The average molecular weight is 713 g/mol. The second-order valence-corrected chi connectivity index (χ2v) is 10.7. The zero-order valence-corrected chi connectivity index (χ0v) is 30.6. The van der Waals surface area contributed by atoms with Crippen molar-refractivity contribution < 1.29 is 66.4 Å². The molecule has 0 fully saturated rings. The Balaban J connectivity index is 3.07. The van der Waals surface area contributed by atoms with E-state index >= 15 is 0 Å². The van der Waals surface area contributed by atoms with E-state index in [1.54, 1.807) is 6.92 Å². The molecule has 0 aromatic rings. The zero-order valence-electron chi connectivity index (χ0n) is 30.6. The molecular weight excluding hydrogens is 644 g/mol. The number of hydrogen-bond acceptors (Lipinski definition) is 14. The van der Waals surface area contributed by atoms with E-state index in [1.165, 1.54) is 25.7 Å². The average Bonchev–Trinajstić information content (AvgIpc) is 3.10. The largest absolute Gasteiger partial charge is 0.460 e. The Kier molecular flexibility index (Phi) is 41.8. The molecule has 0 spiro atoms. The van der Waals surface area contributed by atoms with Crippen LogP contribution in [-0.2, 0) is 66.4 Å². The second kappa shape index (κ2) is 42.9. The van der Waals surface area contributed by atoms with Gasteiger partial charge in [0.15, 0.2) is 0 Å². The smallest absolute Gasteiger partial charge is 0.333 e. The quantitative estimate of drug-likeness (QED) is 0.0520. The van der Waals surface area contributed by atoms with Crippen molar-refractivity contribution in [1.29, 1.82) is 0 Å². The fourth-order valence-electron chi connectivity index (χ4n) is 3.65. The highest BCUT2D eigenvalue weighted by Gasteiger charge is 2.02. The maximum atomic E-state index is 11.2. The topological polar surface area (TPSA) is 137 Å². The zero-order chi connectivity index (χ0) is 35.6. The fourth-order valence-corrected chi connectivity index (χ4v) is 3.65. The van der Waals surface area contributed by atoms with Gasteiger partial charge >= 0.3 is 5.97 Å². The maximum Gasteiger partial charge on any atom is 0.333 e. The molecule has 0 saturated heterocycles. The summed E-state index contributed by atoms with van der Waals surface area (Å²) < 4.78 is 70.5. The molecule has 49 heavy (non-hydrogen) atoms. The van der Waals surface area contributed by atoms with Crippen LogP contribution in [0.3, 0.4) is 0 Å². The van der Waals surface area contributed by atoms with Crippen LogP contribution >= 0.6 is 0 Å². The first kappa shape index (κ1) is 47.7. The van der Waals surface area contributed by atoms with E-state index in [9.17, 15) is 4.79 Å². The van der Waals surface area contributed by atoms with Crippen LogP contribution < -0.4 is 0 Å². The van der Waals surface area contributed by atoms with Crippen molar-refractivity contribution in [2.45, 2.75) is 46.0 Å². The van der Waals surface area contributed by atoms with E-state index in [0.29, 0.717) is 158 Å². The molecule has 0 rings (SSSR count). The minimum Gasteiger partial charge on any atom is -0.460 e. The standard InChI is InChI=1S/C35H68O14/c1-4-5-6-7-8-9-37-10-11-38-12-13-39-14-15-40-16-17-41-18-19-42-20-21-43-22-23-44-24-25-45-26-27-46-28-29-47-30-31-48-32-33-49-35(36)34(2)3/h2,4-33H2,1,3H3. The molecule has 0 aliphatic rings. The van der Waals surface area contributed by atoms with E-state index in [4.69, 9.17) is 61.6 Å². The summed E-state index contributed by atoms with van der Waals surface area (Å²) in [6.45, 7) is 19.9. The molecule has 0 aliphatic heterocycles. The van der Waals surface area contributed by atoms with Gasteiger partial charge in [0.2, 0.25) is 0 Å². The Bertz CT molecular complexity index is 670. The van der Waals surface area contributed by atoms with Crippen LogP contribution in [0.15, 0.2) is 12.2 Å². The van der Waals surface area contributed by atoms with E-state index in [2.05, 4.69) is 13.5 Å². The number of rotatable bonds is 43. The Morgan fingerprint density at radius 1 is 0.347 bits per heavy atom. The maximum absolute atomic E-state index is 11.2. The van der Waals surface area contributed by atoms with Gasteiger partial charge in [0, 0.05) is 12.2 Å². The molecule has 14 heteroatoms. The van der Waals surface area contributed by atoms with Gasteiger partial charge in [-0.3, -0.25) is 0 Å². The van der Waals surface area contributed by atoms with Crippen molar-refractivity contribution in [3.8, 4) is 0 Å². The summed E-state index contributed by atoms with van der Waals surface area (Å²) >= 11 is 0. The summed E-state index contributed by atoms with van der Waals surface area (Å²) in [5.41, 5.74) is 0.370. The van der Waals surface area contributed by atoms with Crippen molar-refractivity contribution in [3.05, 3.63) is 12.2 Å². The molecule has 0 aromatic heterocycles. The van der Waals surface area contributed by atoms with Gasteiger partial charge in [-0.25, -0.2) is 4.79 Å². The molecule has 292 valence electrons. The molecule has 0 radical (unpaired) electrons. The Labute approximate surface area is 295 Å². The van der Waals surface area contributed by atoms with Gasteiger partial charge in [-0.15, -0.1) is 0 Å². The molecule has 0 aromatic carbocycles. The van der Waals surface area contributed by atoms with Gasteiger partial charge in [-0.2, -0.15) is 0 Å². The van der Waals surface area contributed by atoms with E-state index in [0.717, 1.165) is 13.0 Å². The highest BCUT2D eigenvalue weighted by molar-refractivity contribution is 5.86. The second-order valence-electron chi connectivity index (χ2n) is 10.7. The first-order chi connectivity index (χ1) is 24.2. The number of ether oxygens (including phenoxy) is 13. The Morgan fingerprint density at radius 3 is 0.816 bits per heavy atom. The normalized spacial score (nSPS) is 11.4. The number of carbonyl (C=O) groups excluding carboxylic acids is 1. The van der Waals surface area contributed by atoms with E-state index in [-0.39, 0.29) is 6.61 Å². The van der Waals surface area contributed by atoms with Crippen molar-refractivity contribution in [3.63, 3.8) is 0 Å². The van der Waals surface area contributed by atoms with Crippen molar-refractivity contribution >= 4 is 5.97 Å². The predicted molar refractivity (Wildman–Crippen MR) is 184 cm³/mol. The van der Waals surface area contributed by atoms with Crippen molar-refractivity contribution in [1.82, 2.24) is 0 Å². The van der Waals surface area contributed by atoms with Crippen LogP contribution in [0, 0.1) is 0 Å². The highest BCUT2D eigenvalue weighted by atomic mass is 16.6. The number of unbranched alkanes of at least 4 members (excludes halogenated alkanes) is 4. The first-order valence-electron chi connectivity index (χ1n) is 17.9. The van der Waals surface area contributed by atoms with E-state index in [1.807, 2.05) is 0 Å². The molecule has 0 atom stereocenters. The third-order valence-corrected chi connectivity index (χ3v) is 6.29. The minimum atomic E-state index is -0.412. The Hall–Kier alpha value is -1.27. The summed E-state index contributed by atoms with van der Waals surface area (Å²) in [5.74, 6) is -0.412. The van der Waals surface area contributed by atoms with Gasteiger partial charge < -0.3 is 61.6 Å². The predicted octanol–water partition coefficient (Wildman–Crippen LogP) is 3.28. The van der Waals surface area contributed by atoms with Crippen LogP contribution in [0.2, 0.25) is 0 Å². The third kappa shape index (κ3) is 42.8. The molecule has 0 N–H and O–H groups in total. The monoisotopic (exact) mass is 712 g/mol. The third-order valence-electron chi connectivity index (χ3n) is 6.29. The van der Waals surface area contributed by atoms with Crippen LogP contribution in [0.1, 0.15) is 46.0 Å². The lowest BCUT2D eigenvalue weighted by Crippen LogP contribution is -2.16. The van der Waals surface area contributed by atoms with Gasteiger partial charge in [0.05, 0.1) is 152 Å². The number of carbonyl (C=O) groups is 1. The molecule has 0 saturated carbocycles. The van der Waals surface area contributed by atoms with Crippen molar-refractivity contribution in [2.24, 2.45) is 0 Å². The minimum absolute atomic E-state index is 0.199. The molecule has 0 aliphatic carbocycles. The lowest BCUT2D eigenvalue weighted by atomic mass is 10.2. The van der Waals surface area contributed by atoms with Crippen LogP contribution in [-0.4, -0.2) is 171 Å². The summed E-state index contributed by atoms with van der Waals surface area (Å²) in [6, 6.07) is 0.